The summed E-state index contributed by atoms with van der Waals surface area (Å²) in [4.78, 5) is 4.30. The van der Waals surface area contributed by atoms with E-state index in [9.17, 15) is 0 Å². The maximum Gasteiger partial charge on any atom is 0.155 e. The second-order valence-corrected chi connectivity index (χ2v) is 4.31. The second kappa shape index (κ2) is 4.94. The molecule has 0 spiro atoms. The molecule has 0 radical (unpaired) electrons. The van der Waals surface area contributed by atoms with Crippen LogP contribution in [0.3, 0.4) is 0 Å². The maximum absolute atomic E-state index is 4.30. The predicted octanol–water partition coefficient (Wildman–Crippen LogP) is 3.32. The number of nitrogens with one attached hydrogen (secondary N) is 1. The molecule has 0 saturated carbocycles. The maximum atomic E-state index is 4.30. The number of benzene rings is 1. The number of anilines is 2. The van der Waals surface area contributed by atoms with E-state index in [-0.39, 0.29) is 0 Å². The average Bonchev–Trinajstić information content (AvgIpc) is 2.90. The number of aromatic nitrogens is 3. The van der Waals surface area contributed by atoms with Gasteiger partial charge in [0, 0.05) is 18.0 Å². The summed E-state index contributed by atoms with van der Waals surface area (Å²) in [7, 11) is 0. The largest absolute Gasteiger partial charge is 0.340 e. The minimum absolute atomic E-state index is 0.794. The number of hydrogen-bond acceptors (Lipinski definition) is 3. The summed E-state index contributed by atoms with van der Waals surface area (Å²) in [6, 6.07) is 15.9. The third-order valence-corrected chi connectivity index (χ3v) is 2.83. The molecule has 1 aromatic carbocycles. The Morgan fingerprint density at radius 1 is 0.947 bits per heavy atom. The van der Waals surface area contributed by atoms with Gasteiger partial charge in [-0.1, -0.05) is 23.8 Å². The van der Waals surface area contributed by atoms with Gasteiger partial charge in [0.1, 0.15) is 5.82 Å². The standard InChI is InChI=1S/C15H14N4/c1-12-5-7-13(8-6-12)18-15-9-11-17-19(15)14-4-2-3-10-16-14/h2-11,18H,1H3. The van der Waals surface area contributed by atoms with Crippen LogP contribution in [0.4, 0.5) is 11.5 Å². The highest BCUT2D eigenvalue weighted by Gasteiger charge is 2.05. The highest BCUT2D eigenvalue weighted by atomic mass is 15.3. The van der Waals surface area contributed by atoms with Crippen LogP contribution in [0, 0.1) is 6.92 Å². The van der Waals surface area contributed by atoms with Crippen molar-refractivity contribution in [2.75, 3.05) is 5.32 Å². The van der Waals surface area contributed by atoms with Crippen molar-refractivity contribution in [2.24, 2.45) is 0 Å². The molecule has 0 aliphatic carbocycles. The second-order valence-electron chi connectivity index (χ2n) is 4.31. The summed E-state index contributed by atoms with van der Waals surface area (Å²) in [5, 5.41) is 7.63. The lowest BCUT2D eigenvalue weighted by molar-refractivity contribution is 0.854. The highest BCUT2D eigenvalue weighted by Crippen LogP contribution is 2.18. The van der Waals surface area contributed by atoms with Gasteiger partial charge in [0.15, 0.2) is 5.82 Å². The first-order valence-electron chi connectivity index (χ1n) is 6.12. The molecule has 4 heteroatoms. The molecule has 1 N–H and O–H groups in total. The molecule has 4 nitrogen and oxygen atoms in total. The van der Waals surface area contributed by atoms with E-state index in [1.165, 1.54) is 5.56 Å². The number of rotatable bonds is 3. The van der Waals surface area contributed by atoms with E-state index in [1.807, 2.05) is 36.4 Å². The van der Waals surface area contributed by atoms with Gasteiger partial charge >= 0.3 is 0 Å². The zero-order chi connectivity index (χ0) is 13.1. The zero-order valence-electron chi connectivity index (χ0n) is 10.6. The Morgan fingerprint density at radius 2 is 1.79 bits per heavy atom. The van der Waals surface area contributed by atoms with Crippen LogP contribution in [-0.4, -0.2) is 14.8 Å². The molecule has 0 saturated heterocycles. The molecule has 2 aromatic heterocycles. The molecular weight excluding hydrogens is 236 g/mol. The van der Waals surface area contributed by atoms with Crippen LogP contribution >= 0.6 is 0 Å². The van der Waals surface area contributed by atoms with Gasteiger partial charge in [0.2, 0.25) is 0 Å². The number of nitrogens with zero attached hydrogens (tertiary/aromatic N) is 3. The van der Waals surface area contributed by atoms with Gasteiger partial charge in [0.05, 0.1) is 6.20 Å². The lowest BCUT2D eigenvalue weighted by Crippen LogP contribution is -2.03. The van der Waals surface area contributed by atoms with Crippen molar-refractivity contribution in [1.29, 1.82) is 0 Å². The Kier molecular flexibility index (Phi) is 2.98. The minimum atomic E-state index is 0.794. The van der Waals surface area contributed by atoms with E-state index in [2.05, 4.69) is 34.5 Å². The van der Waals surface area contributed by atoms with Crippen LogP contribution in [0.1, 0.15) is 5.56 Å². The smallest absolute Gasteiger partial charge is 0.155 e. The van der Waals surface area contributed by atoms with E-state index in [1.54, 1.807) is 17.1 Å². The van der Waals surface area contributed by atoms with E-state index in [0.29, 0.717) is 0 Å². The fourth-order valence-corrected chi connectivity index (χ4v) is 1.84. The average molecular weight is 250 g/mol. The molecule has 0 aliphatic heterocycles. The Hall–Kier alpha value is -2.62. The Balaban J connectivity index is 1.91. The van der Waals surface area contributed by atoms with Crippen LogP contribution in [0.15, 0.2) is 60.9 Å². The molecule has 0 bridgehead atoms. The normalized spacial score (nSPS) is 10.4. The first-order chi connectivity index (χ1) is 9.33. The lowest BCUT2D eigenvalue weighted by atomic mass is 10.2. The Morgan fingerprint density at radius 3 is 2.53 bits per heavy atom. The lowest BCUT2D eigenvalue weighted by Gasteiger charge is -2.09. The van der Waals surface area contributed by atoms with Crippen LogP contribution in [0.5, 0.6) is 0 Å². The molecule has 3 rings (SSSR count). The van der Waals surface area contributed by atoms with Gasteiger partial charge < -0.3 is 5.32 Å². The zero-order valence-corrected chi connectivity index (χ0v) is 10.6. The molecule has 3 aromatic rings. The molecule has 0 amide bonds. The van der Waals surface area contributed by atoms with Crippen molar-refractivity contribution >= 4 is 11.5 Å². The van der Waals surface area contributed by atoms with Crippen molar-refractivity contribution in [3.63, 3.8) is 0 Å². The first-order valence-corrected chi connectivity index (χ1v) is 6.12. The van der Waals surface area contributed by atoms with Gasteiger partial charge in [-0.15, -0.1) is 0 Å². The van der Waals surface area contributed by atoms with Crippen LogP contribution in [0.25, 0.3) is 5.82 Å². The van der Waals surface area contributed by atoms with E-state index in [0.717, 1.165) is 17.3 Å². The summed E-state index contributed by atoms with van der Waals surface area (Å²) >= 11 is 0. The van der Waals surface area contributed by atoms with E-state index < -0.39 is 0 Å². The van der Waals surface area contributed by atoms with Crippen molar-refractivity contribution in [3.05, 3.63) is 66.5 Å². The predicted molar refractivity (Wildman–Crippen MR) is 75.8 cm³/mol. The van der Waals surface area contributed by atoms with Gasteiger partial charge in [-0.3, -0.25) is 0 Å². The van der Waals surface area contributed by atoms with Crippen LogP contribution in [0.2, 0.25) is 0 Å². The summed E-state index contributed by atoms with van der Waals surface area (Å²) in [5.41, 5.74) is 2.27. The quantitative estimate of drug-likeness (QED) is 0.775. The summed E-state index contributed by atoms with van der Waals surface area (Å²) < 4.78 is 1.78. The van der Waals surface area contributed by atoms with Gasteiger partial charge in [-0.25, -0.2) is 4.98 Å². The van der Waals surface area contributed by atoms with Crippen molar-refractivity contribution in [1.82, 2.24) is 14.8 Å². The van der Waals surface area contributed by atoms with E-state index in [4.69, 9.17) is 0 Å². The number of aryl methyl sites for hydroxylation is 1. The fraction of sp³-hybridized carbons (Fsp3) is 0.0667. The monoisotopic (exact) mass is 250 g/mol. The Labute approximate surface area is 111 Å². The third kappa shape index (κ3) is 2.47. The summed E-state index contributed by atoms with van der Waals surface area (Å²) in [5.74, 6) is 1.68. The number of pyridine rings is 1. The molecule has 94 valence electrons. The van der Waals surface area contributed by atoms with Crippen LogP contribution in [-0.2, 0) is 0 Å². The minimum Gasteiger partial charge on any atom is -0.340 e. The molecule has 0 atom stereocenters. The molecule has 2 heterocycles. The topological polar surface area (TPSA) is 42.7 Å². The van der Waals surface area contributed by atoms with Crippen molar-refractivity contribution in [2.45, 2.75) is 6.92 Å². The first kappa shape index (κ1) is 11.5. The number of hydrogen-bond donors (Lipinski definition) is 1. The molecular formula is C15H14N4. The molecule has 19 heavy (non-hydrogen) atoms. The van der Waals surface area contributed by atoms with E-state index >= 15 is 0 Å². The SMILES string of the molecule is Cc1ccc(Nc2ccnn2-c2ccccn2)cc1. The summed E-state index contributed by atoms with van der Waals surface area (Å²) in [6.45, 7) is 2.07. The summed E-state index contributed by atoms with van der Waals surface area (Å²) in [6.07, 6.45) is 3.51. The van der Waals surface area contributed by atoms with Crippen molar-refractivity contribution < 1.29 is 0 Å². The fourth-order valence-electron chi connectivity index (χ4n) is 1.84. The van der Waals surface area contributed by atoms with Crippen LogP contribution < -0.4 is 5.32 Å². The molecule has 0 unspecified atom stereocenters. The van der Waals surface area contributed by atoms with Gasteiger partial charge in [-0.05, 0) is 31.2 Å². The highest BCUT2D eigenvalue weighted by molar-refractivity contribution is 5.58. The molecule has 0 fully saturated rings. The van der Waals surface area contributed by atoms with Gasteiger partial charge in [0.25, 0.3) is 0 Å². The van der Waals surface area contributed by atoms with Gasteiger partial charge in [-0.2, -0.15) is 9.78 Å². The van der Waals surface area contributed by atoms with Crippen molar-refractivity contribution in [3.8, 4) is 5.82 Å². The third-order valence-electron chi connectivity index (χ3n) is 2.83. The molecule has 0 aliphatic rings. The Bertz CT molecular complexity index is 656.